The molecule has 1 N–H and O–H groups in total. The van der Waals surface area contributed by atoms with E-state index in [1.165, 1.54) is 18.2 Å². The van der Waals surface area contributed by atoms with Gasteiger partial charge in [0.1, 0.15) is 5.75 Å². The zero-order valence-electron chi connectivity index (χ0n) is 12.0. The molecule has 0 radical (unpaired) electrons. The Morgan fingerprint density at radius 2 is 2.09 bits per heavy atom. The summed E-state index contributed by atoms with van der Waals surface area (Å²) in [5, 5.41) is 13.9. The van der Waals surface area contributed by atoms with Crippen molar-refractivity contribution in [2.45, 2.75) is 12.5 Å². The number of carbonyl (C=O) groups is 1. The van der Waals surface area contributed by atoms with Gasteiger partial charge in [-0.25, -0.2) is 0 Å². The number of fused-ring (bicyclic) bond motifs is 1. The maximum absolute atomic E-state index is 12.5. The van der Waals surface area contributed by atoms with E-state index >= 15 is 0 Å². The number of benzene rings is 2. The molecule has 1 heterocycles. The van der Waals surface area contributed by atoms with Crippen LogP contribution in [-0.2, 0) is 0 Å². The summed E-state index contributed by atoms with van der Waals surface area (Å²) in [7, 11) is 0. The number of nitrogens with zero attached hydrogens (tertiary/aromatic N) is 1. The summed E-state index contributed by atoms with van der Waals surface area (Å²) in [5.41, 5.74) is 0.797. The van der Waals surface area contributed by atoms with Crippen LogP contribution in [0.4, 0.5) is 5.69 Å². The molecule has 2 aromatic carbocycles. The lowest BCUT2D eigenvalue weighted by atomic mass is 10.00. The second-order valence-corrected chi connectivity index (χ2v) is 5.53. The largest absolute Gasteiger partial charge is 0.493 e. The monoisotopic (exact) mass is 332 g/mol. The molecule has 1 atom stereocenters. The third kappa shape index (κ3) is 3.12. The molecule has 7 heteroatoms. The molecule has 0 spiro atoms. The third-order valence-electron chi connectivity index (χ3n) is 3.67. The van der Waals surface area contributed by atoms with Crippen molar-refractivity contribution >= 4 is 23.2 Å². The molecule has 1 aliphatic heterocycles. The highest BCUT2D eigenvalue weighted by Crippen LogP contribution is 2.32. The summed E-state index contributed by atoms with van der Waals surface area (Å²) in [5.74, 6) is 0.287. The summed E-state index contributed by atoms with van der Waals surface area (Å²) in [4.78, 5) is 22.8. The van der Waals surface area contributed by atoms with Crippen LogP contribution < -0.4 is 10.1 Å². The topological polar surface area (TPSA) is 81.5 Å². The minimum atomic E-state index is -0.559. The summed E-state index contributed by atoms with van der Waals surface area (Å²) in [6, 6.07) is 11.0. The van der Waals surface area contributed by atoms with E-state index in [9.17, 15) is 14.9 Å². The number of rotatable bonds is 3. The number of non-ortho nitro benzene ring substituents is 1. The van der Waals surface area contributed by atoms with Crippen molar-refractivity contribution in [3.63, 3.8) is 0 Å². The molecule has 0 aliphatic carbocycles. The van der Waals surface area contributed by atoms with Gasteiger partial charge >= 0.3 is 0 Å². The average molecular weight is 333 g/mol. The number of halogens is 1. The van der Waals surface area contributed by atoms with Crippen LogP contribution in [0.3, 0.4) is 0 Å². The molecule has 0 fully saturated rings. The van der Waals surface area contributed by atoms with Gasteiger partial charge in [-0.05, 0) is 12.1 Å². The van der Waals surface area contributed by atoms with E-state index in [-0.39, 0.29) is 22.3 Å². The number of hydrogen-bond donors (Lipinski definition) is 1. The van der Waals surface area contributed by atoms with Crippen molar-refractivity contribution in [2.24, 2.45) is 0 Å². The third-order valence-corrected chi connectivity index (χ3v) is 4.00. The number of carbonyl (C=O) groups excluding carboxylic acids is 1. The van der Waals surface area contributed by atoms with Crippen molar-refractivity contribution in [3.05, 3.63) is 68.7 Å². The van der Waals surface area contributed by atoms with Crippen LogP contribution in [0.5, 0.6) is 5.75 Å². The summed E-state index contributed by atoms with van der Waals surface area (Å²) < 4.78 is 5.55. The minimum absolute atomic E-state index is 0.0878. The second-order valence-electron chi connectivity index (χ2n) is 5.12. The maximum Gasteiger partial charge on any atom is 0.270 e. The zero-order chi connectivity index (χ0) is 16.4. The smallest absolute Gasteiger partial charge is 0.270 e. The number of para-hydroxylation sites is 1. The normalized spacial score (nSPS) is 16.1. The van der Waals surface area contributed by atoms with Gasteiger partial charge in [0.2, 0.25) is 0 Å². The molecule has 1 amide bonds. The Kier molecular flexibility index (Phi) is 4.16. The number of nitro benzene ring substituents is 1. The Morgan fingerprint density at radius 1 is 1.30 bits per heavy atom. The minimum Gasteiger partial charge on any atom is -0.493 e. The highest BCUT2D eigenvalue weighted by molar-refractivity contribution is 6.34. The van der Waals surface area contributed by atoms with Crippen LogP contribution in [0.25, 0.3) is 0 Å². The second kappa shape index (κ2) is 6.26. The summed E-state index contributed by atoms with van der Waals surface area (Å²) >= 11 is 6.01. The fourth-order valence-electron chi connectivity index (χ4n) is 2.53. The molecule has 6 nitrogen and oxygen atoms in total. The Morgan fingerprint density at radius 3 is 2.87 bits per heavy atom. The first kappa shape index (κ1) is 15.3. The fourth-order valence-corrected chi connectivity index (χ4v) is 2.73. The predicted molar refractivity (Wildman–Crippen MR) is 84.9 cm³/mol. The van der Waals surface area contributed by atoms with Crippen molar-refractivity contribution in [1.29, 1.82) is 0 Å². The van der Waals surface area contributed by atoms with Gasteiger partial charge in [-0.1, -0.05) is 29.8 Å². The van der Waals surface area contributed by atoms with Crippen LogP contribution in [0.15, 0.2) is 42.5 Å². The lowest BCUT2D eigenvalue weighted by Gasteiger charge is -2.26. The summed E-state index contributed by atoms with van der Waals surface area (Å²) in [6.07, 6.45) is 0.620. The van der Waals surface area contributed by atoms with Crippen LogP contribution in [0, 0.1) is 10.1 Å². The molecular weight excluding hydrogens is 320 g/mol. The quantitative estimate of drug-likeness (QED) is 0.689. The Bertz CT molecular complexity index is 778. The number of hydrogen-bond acceptors (Lipinski definition) is 4. The standard InChI is InChI=1S/C16H13ClN2O4/c17-13-6-5-10(19(21)22)9-12(13)16(20)18-14-7-8-23-15-4-2-1-3-11(14)15/h1-6,9,14H,7-8H2,(H,18,20). The SMILES string of the molecule is O=C(NC1CCOc2ccccc21)c1cc([N+](=O)[O-])ccc1Cl. The van der Waals surface area contributed by atoms with E-state index in [2.05, 4.69) is 5.32 Å². The van der Waals surface area contributed by atoms with Gasteiger partial charge in [0.15, 0.2) is 0 Å². The number of ether oxygens (including phenoxy) is 1. The average Bonchev–Trinajstić information content (AvgIpc) is 2.55. The molecule has 1 unspecified atom stereocenters. The van der Waals surface area contributed by atoms with Crippen LogP contribution >= 0.6 is 11.6 Å². The van der Waals surface area contributed by atoms with Gasteiger partial charge in [-0.3, -0.25) is 14.9 Å². The van der Waals surface area contributed by atoms with Crippen molar-refractivity contribution in [1.82, 2.24) is 5.32 Å². The van der Waals surface area contributed by atoms with Gasteiger partial charge in [0.05, 0.1) is 28.2 Å². The molecular formula is C16H13ClN2O4. The number of nitro groups is 1. The molecule has 23 heavy (non-hydrogen) atoms. The molecule has 3 rings (SSSR count). The Hall–Kier alpha value is -2.60. The first-order valence-corrected chi connectivity index (χ1v) is 7.40. The molecule has 2 aromatic rings. The Labute approximate surface area is 137 Å². The molecule has 0 saturated heterocycles. The van der Waals surface area contributed by atoms with E-state index < -0.39 is 10.8 Å². The fraction of sp³-hybridized carbons (Fsp3) is 0.188. The highest BCUT2D eigenvalue weighted by Gasteiger charge is 2.24. The molecule has 0 bridgehead atoms. The maximum atomic E-state index is 12.5. The van der Waals surface area contributed by atoms with Crippen LogP contribution in [-0.4, -0.2) is 17.4 Å². The van der Waals surface area contributed by atoms with E-state index in [1.54, 1.807) is 0 Å². The number of amides is 1. The molecule has 0 saturated carbocycles. The molecule has 0 aromatic heterocycles. The van der Waals surface area contributed by atoms with E-state index in [0.29, 0.717) is 13.0 Å². The van der Waals surface area contributed by atoms with E-state index in [1.807, 2.05) is 24.3 Å². The Balaban J connectivity index is 1.86. The van der Waals surface area contributed by atoms with Crippen LogP contribution in [0.2, 0.25) is 5.02 Å². The van der Waals surface area contributed by atoms with Gasteiger partial charge in [-0.15, -0.1) is 0 Å². The number of nitrogens with one attached hydrogen (secondary N) is 1. The molecule has 1 aliphatic rings. The lowest BCUT2D eigenvalue weighted by Crippen LogP contribution is -2.32. The van der Waals surface area contributed by atoms with Crippen molar-refractivity contribution in [3.8, 4) is 5.75 Å². The highest BCUT2D eigenvalue weighted by atomic mass is 35.5. The lowest BCUT2D eigenvalue weighted by molar-refractivity contribution is -0.384. The summed E-state index contributed by atoms with van der Waals surface area (Å²) in [6.45, 7) is 0.491. The first-order valence-electron chi connectivity index (χ1n) is 7.03. The van der Waals surface area contributed by atoms with E-state index in [4.69, 9.17) is 16.3 Å². The van der Waals surface area contributed by atoms with Gasteiger partial charge in [0, 0.05) is 24.1 Å². The van der Waals surface area contributed by atoms with Gasteiger partial charge in [0.25, 0.3) is 11.6 Å². The zero-order valence-corrected chi connectivity index (χ0v) is 12.7. The van der Waals surface area contributed by atoms with Crippen molar-refractivity contribution in [2.75, 3.05) is 6.61 Å². The molecule has 118 valence electrons. The predicted octanol–water partition coefficient (Wildman–Crippen LogP) is 3.50. The van der Waals surface area contributed by atoms with E-state index in [0.717, 1.165) is 11.3 Å². The van der Waals surface area contributed by atoms with Crippen LogP contribution in [0.1, 0.15) is 28.4 Å². The van der Waals surface area contributed by atoms with Gasteiger partial charge < -0.3 is 10.1 Å². The van der Waals surface area contributed by atoms with Gasteiger partial charge in [-0.2, -0.15) is 0 Å². The first-order chi connectivity index (χ1) is 11.1. The van der Waals surface area contributed by atoms with Crippen molar-refractivity contribution < 1.29 is 14.5 Å².